The van der Waals surface area contributed by atoms with Crippen LogP contribution in [0.25, 0.3) is 0 Å². The first-order chi connectivity index (χ1) is 10.2. The number of hydrogen-bond donors (Lipinski definition) is 1. The Kier molecular flexibility index (Phi) is 9.16. The van der Waals surface area contributed by atoms with Gasteiger partial charge in [-0.1, -0.05) is 36.4 Å². The first kappa shape index (κ1) is 17.4. The van der Waals surface area contributed by atoms with E-state index in [0.29, 0.717) is 39.1 Å². The largest absolute Gasteiger partial charge is 0.463 e. The minimum atomic E-state index is -0.410. The van der Waals surface area contributed by atoms with E-state index >= 15 is 0 Å². The van der Waals surface area contributed by atoms with Crippen molar-refractivity contribution in [3.8, 4) is 0 Å². The van der Waals surface area contributed by atoms with Crippen LogP contribution in [0, 0.1) is 0 Å². The lowest BCUT2D eigenvalue weighted by molar-refractivity contribution is -0.137. The maximum atomic E-state index is 11.0. The molecule has 0 saturated carbocycles. The zero-order valence-electron chi connectivity index (χ0n) is 12.5. The summed E-state index contributed by atoms with van der Waals surface area (Å²) < 4.78 is 10.3. The molecule has 0 aromatic heterocycles. The van der Waals surface area contributed by atoms with E-state index in [9.17, 15) is 9.90 Å². The zero-order valence-corrected chi connectivity index (χ0v) is 12.5. The third-order valence-corrected chi connectivity index (χ3v) is 2.91. The number of benzene rings is 1. The number of hydrogen-bond acceptors (Lipinski definition) is 4. The van der Waals surface area contributed by atoms with Crippen molar-refractivity contribution in [2.45, 2.75) is 38.9 Å². The number of rotatable bonds is 10. The van der Waals surface area contributed by atoms with Crippen LogP contribution in [0.1, 0.15) is 31.7 Å². The van der Waals surface area contributed by atoms with Gasteiger partial charge in [-0.25, -0.2) is 4.79 Å². The van der Waals surface area contributed by atoms with Crippen LogP contribution in [0.5, 0.6) is 0 Å². The zero-order chi connectivity index (χ0) is 15.3. The minimum Gasteiger partial charge on any atom is -0.463 e. The molecule has 1 atom stereocenters. The van der Waals surface area contributed by atoms with Crippen LogP contribution in [0.15, 0.2) is 42.5 Å². The Balaban J connectivity index is 2.03. The monoisotopic (exact) mass is 292 g/mol. The fourth-order valence-corrected chi connectivity index (χ4v) is 1.79. The summed E-state index contributed by atoms with van der Waals surface area (Å²) >= 11 is 0. The molecule has 116 valence electrons. The molecule has 1 aromatic rings. The molecular weight excluding hydrogens is 268 g/mol. The highest BCUT2D eigenvalue weighted by Crippen LogP contribution is 2.05. The minimum absolute atomic E-state index is 0.335. The Labute approximate surface area is 126 Å². The van der Waals surface area contributed by atoms with Crippen LogP contribution < -0.4 is 0 Å². The summed E-state index contributed by atoms with van der Waals surface area (Å²) in [6.45, 7) is 3.24. The van der Waals surface area contributed by atoms with Gasteiger partial charge in [0.2, 0.25) is 0 Å². The molecule has 0 aliphatic carbocycles. The summed E-state index contributed by atoms with van der Waals surface area (Å²) in [6, 6.07) is 9.94. The van der Waals surface area contributed by atoms with E-state index in [1.165, 1.54) is 6.08 Å². The summed E-state index contributed by atoms with van der Waals surface area (Å²) in [6.07, 6.45) is 4.59. The molecule has 0 spiro atoms. The summed E-state index contributed by atoms with van der Waals surface area (Å²) in [4.78, 5) is 11.0. The molecule has 0 saturated heterocycles. The van der Waals surface area contributed by atoms with Crippen LogP contribution in [-0.2, 0) is 20.9 Å². The van der Waals surface area contributed by atoms with E-state index in [0.717, 1.165) is 5.56 Å². The van der Waals surface area contributed by atoms with Crippen molar-refractivity contribution in [2.75, 3.05) is 13.2 Å². The van der Waals surface area contributed by atoms with E-state index in [4.69, 9.17) is 9.47 Å². The van der Waals surface area contributed by atoms with Crippen molar-refractivity contribution < 1.29 is 19.4 Å². The van der Waals surface area contributed by atoms with Gasteiger partial charge in [0.25, 0.3) is 0 Å². The lowest BCUT2D eigenvalue weighted by Gasteiger charge is -2.09. The van der Waals surface area contributed by atoms with Gasteiger partial charge >= 0.3 is 5.97 Å². The summed E-state index contributed by atoms with van der Waals surface area (Å²) in [5.74, 6) is -0.335. The highest BCUT2D eigenvalue weighted by molar-refractivity contribution is 5.81. The third-order valence-electron chi connectivity index (χ3n) is 2.91. The topological polar surface area (TPSA) is 55.8 Å². The first-order valence-electron chi connectivity index (χ1n) is 7.35. The molecule has 0 radical (unpaired) electrons. The predicted octanol–water partition coefficient (Wildman–Crippen LogP) is 2.85. The number of allylic oxidation sites excluding steroid dienone is 1. The molecule has 21 heavy (non-hydrogen) atoms. The maximum absolute atomic E-state index is 11.0. The molecular formula is C17H24O4. The molecule has 4 heteroatoms. The van der Waals surface area contributed by atoms with Gasteiger partial charge in [0.1, 0.15) is 0 Å². The number of carbonyl (C=O) groups is 1. The van der Waals surface area contributed by atoms with E-state index in [-0.39, 0.29) is 5.97 Å². The molecule has 0 aliphatic heterocycles. The molecule has 0 aliphatic rings. The molecule has 1 aromatic carbocycles. The van der Waals surface area contributed by atoms with Gasteiger partial charge in [-0.15, -0.1) is 0 Å². The molecule has 0 bridgehead atoms. The fraction of sp³-hybridized carbons (Fsp3) is 0.471. The quantitative estimate of drug-likeness (QED) is 0.409. The molecule has 0 unspecified atom stereocenters. The van der Waals surface area contributed by atoms with Gasteiger partial charge in [0, 0.05) is 12.7 Å². The number of aliphatic hydroxyl groups is 1. The Morgan fingerprint density at radius 2 is 2.05 bits per heavy atom. The van der Waals surface area contributed by atoms with Crippen LogP contribution in [0.3, 0.4) is 0 Å². The summed E-state index contributed by atoms with van der Waals surface area (Å²) in [7, 11) is 0. The van der Waals surface area contributed by atoms with Crippen molar-refractivity contribution in [1.29, 1.82) is 0 Å². The van der Waals surface area contributed by atoms with Gasteiger partial charge in [0.15, 0.2) is 0 Å². The number of carbonyl (C=O) groups excluding carboxylic acids is 1. The number of aliphatic hydroxyl groups excluding tert-OH is 1. The van der Waals surface area contributed by atoms with Gasteiger partial charge < -0.3 is 14.6 Å². The fourth-order valence-electron chi connectivity index (χ4n) is 1.79. The van der Waals surface area contributed by atoms with E-state index in [1.54, 1.807) is 13.0 Å². The van der Waals surface area contributed by atoms with Crippen LogP contribution in [0.2, 0.25) is 0 Å². The lowest BCUT2D eigenvalue weighted by Crippen LogP contribution is -2.10. The van der Waals surface area contributed by atoms with E-state index in [1.807, 2.05) is 30.3 Å². The maximum Gasteiger partial charge on any atom is 0.330 e. The van der Waals surface area contributed by atoms with Gasteiger partial charge in [-0.3, -0.25) is 0 Å². The molecule has 0 amide bonds. The number of esters is 1. The molecule has 0 heterocycles. The summed E-state index contributed by atoms with van der Waals surface area (Å²) in [5, 5.41) is 9.78. The highest BCUT2D eigenvalue weighted by atomic mass is 16.5. The molecule has 1 N–H and O–H groups in total. The third kappa shape index (κ3) is 9.00. The Morgan fingerprint density at radius 1 is 1.29 bits per heavy atom. The van der Waals surface area contributed by atoms with Crippen LogP contribution in [-0.4, -0.2) is 30.4 Å². The van der Waals surface area contributed by atoms with Crippen molar-refractivity contribution in [3.05, 3.63) is 48.0 Å². The normalized spacial score (nSPS) is 12.5. The summed E-state index contributed by atoms with van der Waals surface area (Å²) in [5.41, 5.74) is 1.13. The van der Waals surface area contributed by atoms with Crippen molar-refractivity contribution in [3.63, 3.8) is 0 Å². The van der Waals surface area contributed by atoms with Crippen molar-refractivity contribution in [1.82, 2.24) is 0 Å². The van der Waals surface area contributed by atoms with Crippen molar-refractivity contribution >= 4 is 5.97 Å². The highest BCUT2D eigenvalue weighted by Gasteiger charge is 2.03. The Bertz CT molecular complexity index is 414. The molecule has 0 fully saturated rings. The second kappa shape index (κ2) is 11.1. The first-order valence-corrected chi connectivity index (χ1v) is 7.35. The van der Waals surface area contributed by atoms with Gasteiger partial charge in [-0.2, -0.15) is 0 Å². The smallest absolute Gasteiger partial charge is 0.330 e. The van der Waals surface area contributed by atoms with Crippen molar-refractivity contribution in [2.24, 2.45) is 0 Å². The van der Waals surface area contributed by atoms with Gasteiger partial charge in [0.05, 0.1) is 19.3 Å². The van der Waals surface area contributed by atoms with E-state index in [2.05, 4.69) is 0 Å². The van der Waals surface area contributed by atoms with E-state index < -0.39 is 6.10 Å². The van der Waals surface area contributed by atoms with Gasteiger partial charge in [-0.05, 0) is 31.7 Å². The van der Waals surface area contributed by atoms with Crippen LogP contribution >= 0.6 is 0 Å². The van der Waals surface area contributed by atoms with Crippen LogP contribution in [0.4, 0.5) is 0 Å². The average Bonchev–Trinajstić information content (AvgIpc) is 2.49. The Hall–Kier alpha value is -1.65. The molecule has 1 rings (SSSR count). The second-order valence-corrected chi connectivity index (χ2v) is 4.71. The number of ether oxygens (including phenoxy) is 2. The molecule has 4 nitrogen and oxygen atoms in total. The predicted molar refractivity (Wildman–Crippen MR) is 81.7 cm³/mol. The Morgan fingerprint density at radius 3 is 2.76 bits per heavy atom. The second-order valence-electron chi connectivity index (χ2n) is 4.71. The standard InChI is InChI=1S/C17H24O4/c1-2-21-17(19)11-7-6-10-16(18)12-13-20-14-15-8-4-3-5-9-15/h3-5,7-9,11,16,18H,2,6,10,12-14H2,1H3/b11-7+/t16-/m1/s1. The SMILES string of the molecule is CCOC(=O)/C=C/CC[C@@H](O)CCOCc1ccccc1. The lowest BCUT2D eigenvalue weighted by atomic mass is 10.1. The average molecular weight is 292 g/mol.